The molecule has 1 saturated heterocycles. The van der Waals surface area contributed by atoms with Crippen LogP contribution in [-0.4, -0.2) is 42.1 Å². The van der Waals surface area contributed by atoms with E-state index in [9.17, 15) is 4.79 Å². The maximum atomic E-state index is 12.2. The summed E-state index contributed by atoms with van der Waals surface area (Å²) in [5.74, 6) is 0.297. The van der Waals surface area contributed by atoms with Crippen molar-refractivity contribution in [2.24, 2.45) is 5.92 Å². The fourth-order valence-corrected chi connectivity index (χ4v) is 4.17. The first-order chi connectivity index (χ1) is 10.1. The van der Waals surface area contributed by atoms with Crippen LogP contribution in [-0.2, 0) is 16.1 Å². The van der Waals surface area contributed by atoms with Gasteiger partial charge in [0, 0.05) is 36.0 Å². The highest BCUT2D eigenvalue weighted by molar-refractivity contribution is 7.09. The molecule has 1 amide bonds. The highest BCUT2D eigenvalue weighted by Gasteiger charge is 2.43. The summed E-state index contributed by atoms with van der Waals surface area (Å²) in [5, 5.41) is 5.17. The lowest BCUT2D eigenvalue weighted by Crippen LogP contribution is -2.47. The van der Waals surface area contributed by atoms with E-state index in [2.05, 4.69) is 27.7 Å². The van der Waals surface area contributed by atoms with Gasteiger partial charge in [-0.3, -0.25) is 9.69 Å². The maximum Gasteiger partial charge on any atom is 0.223 e. The van der Waals surface area contributed by atoms with E-state index in [1.165, 1.54) is 4.88 Å². The number of hydrogen-bond acceptors (Lipinski definition) is 4. The van der Waals surface area contributed by atoms with Crippen molar-refractivity contribution in [3.05, 3.63) is 22.4 Å². The zero-order valence-corrected chi connectivity index (χ0v) is 13.6. The Kier molecular flexibility index (Phi) is 4.62. The van der Waals surface area contributed by atoms with Gasteiger partial charge >= 0.3 is 0 Å². The number of carbonyl (C=O) groups is 1. The molecule has 21 heavy (non-hydrogen) atoms. The summed E-state index contributed by atoms with van der Waals surface area (Å²) in [6, 6.07) is 4.89. The summed E-state index contributed by atoms with van der Waals surface area (Å²) in [6.07, 6.45) is 2.01. The molecular weight excluding hydrogens is 284 g/mol. The van der Waals surface area contributed by atoms with Crippen LogP contribution in [0.2, 0.25) is 0 Å². The molecule has 1 aromatic rings. The second-order valence-corrected chi connectivity index (χ2v) is 7.39. The molecule has 2 fully saturated rings. The number of nitrogens with zero attached hydrogens (tertiary/aromatic N) is 1. The van der Waals surface area contributed by atoms with Crippen molar-refractivity contribution in [2.45, 2.75) is 51.4 Å². The minimum Gasteiger partial charge on any atom is -0.375 e. The van der Waals surface area contributed by atoms with Crippen molar-refractivity contribution in [3.8, 4) is 0 Å². The second-order valence-electron chi connectivity index (χ2n) is 6.36. The Morgan fingerprint density at radius 1 is 1.52 bits per heavy atom. The molecule has 1 N–H and O–H groups in total. The molecule has 0 radical (unpaired) electrons. The normalized spacial score (nSPS) is 29.6. The van der Waals surface area contributed by atoms with E-state index in [-0.39, 0.29) is 24.0 Å². The van der Waals surface area contributed by atoms with Crippen LogP contribution in [0.4, 0.5) is 0 Å². The number of rotatable bonds is 4. The third kappa shape index (κ3) is 3.47. The molecule has 1 saturated carbocycles. The molecule has 0 unspecified atom stereocenters. The molecule has 1 aliphatic carbocycles. The van der Waals surface area contributed by atoms with E-state index in [4.69, 9.17) is 4.74 Å². The van der Waals surface area contributed by atoms with Gasteiger partial charge in [-0.2, -0.15) is 0 Å². The Morgan fingerprint density at radius 2 is 2.38 bits per heavy atom. The topological polar surface area (TPSA) is 41.6 Å². The third-order valence-corrected chi connectivity index (χ3v) is 5.25. The fourth-order valence-electron chi connectivity index (χ4n) is 3.44. The average molecular weight is 308 g/mol. The van der Waals surface area contributed by atoms with Gasteiger partial charge in [0.1, 0.15) is 0 Å². The summed E-state index contributed by atoms with van der Waals surface area (Å²) >= 11 is 1.80. The maximum absolute atomic E-state index is 12.2. The lowest BCUT2D eigenvalue weighted by molar-refractivity contribution is -0.125. The summed E-state index contributed by atoms with van der Waals surface area (Å²) in [7, 11) is 0. The highest BCUT2D eigenvalue weighted by atomic mass is 32.1. The van der Waals surface area contributed by atoms with Crippen molar-refractivity contribution in [2.75, 3.05) is 13.2 Å². The lowest BCUT2D eigenvalue weighted by atomic mass is 10.1. The van der Waals surface area contributed by atoms with E-state index in [0.29, 0.717) is 6.04 Å². The number of carbonyl (C=O) groups excluding carboxylic acids is 1. The quantitative estimate of drug-likeness (QED) is 0.927. The van der Waals surface area contributed by atoms with E-state index >= 15 is 0 Å². The van der Waals surface area contributed by atoms with Crippen LogP contribution in [0.1, 0.15) is 31.6 Å². The van der Waals surface area contributed by atoms with Crippen molar-refractivity contribution >= 4 is 17.2 Å². The van der Waals surface area contributed by atoms with Gasteiger partial charge in [0.2, 0.25) is 5.91 Å². The minimum atomic E-state index is 0.103. The Hall–Kier alpha value is -0.910. The van der Waals surface area contributed by atoms with Crippen LogP contribution in [0, 0.1) is 5.92 Å². The van der Waals surface area contributed by atoms with Gasteiger partial charge in [-0.25, -0.2) is 0 Å². The Labute approximate surface area is 130 Å². The van der Waals surface area contributed by atoms with Crippen LogP contribution in [0.5, 0.6) is 0 Å². The first-order valence-corrected chi connectivity index (χ1v) is 8.70. The van der Waals surface area contributed by atoms with Crippen molar-refractivity contribution < 1.29 is 9.53 Å². The zero-order valence-electron chi connectivity index (χ0n) is 12.7. The second kappa shape index (κ2) is 6.46. The Bertz CT molecular complexity index is 475. The molecule has 116 valence electrons. The number of hydrogen-bond donors (Lipinski definition) is 1. The van der Waals surface area contributed by atoms with E-state index in [0.717, 1.165) is 32.5 Å². The molecule has 4 nitrogen and oxygen atoms in total. The van der Waals surface area contributed by atoms with Gasteiger partial charge in [0.05, 0.1) is 12.7 Å². The van der Waals surface area contributed by atoms with Crippen LogP contribution in [0.25, 0.3) is 0 Å². The zero-order chi connectivity index (χ0) is 14.8. The molecule has 0 aromatic carbocycles. The van der Waals surface area contributed by atoms with Crippen molar-refractivity contribution in [1.82, 2.24) is 10.2 Å². The lowest BCUT2D eigenvalue weighted by Gasteiger charge is -2.37. The number of fused-ring (bicyclic) bond motifs is 1. The predicted molar refractivity (Wildman–Crippen MR) is 84.3 cm³/mol. The Balaban J connectivity index is 1.63. The van der Waals surface area contributed by atoms with Crippen LogP contribution >= 0.6 is 11.3 Å². The molecule has 2 heterocycles. The van der Waals surface area contributed by atoms with Crippen LogP contribution in [0.3, 0.4) is 0 Å². The molecule has 5 heteroatoms. The predicted octanol–water partition coefficient (Wildman–Crippen LogP) is 2.25. The number of amides is 1. The van der Waals surface area contributed by atoms with Gasteiger partial charge < -0.3 is 10.1 Å². The summed E-state index contributed by atoms with van der Waals surface area (Å²) in [5.41, 5.74) is 0. The van der Waals surface area contributed by atoms with Crippen molar-refractivity contribution in [1.29, 1.82) is 0 Å². The van der Waals surface area contributed by atoms with Gasteiger partial charge in [-0.1, -0.05) is 6.07 Å². The summed E-state index contributed by atoms with van der Waals surface area (Å²) in [6.45, 7) is 6.77. The third-order valence-electron chi connectivity index (χ3n) is 4.39. The van der Waals surface area contributed by atoms with Gasteiger partial charge in [-0.15, -0.1) is 11.3 Å². The molecule has 1 aromatic heterocycles. The molecule has 0 bridgehead atoms. The first-order valence-electron chi connectivity index (χ1n) is 7.82. The first kappa shape index (κ1) is 15.0. The van der Waals surface area contributed by atoms with E-state index in [1.807, 2.05) is 13.8 Å². The van der Waals surface area contributed by atoms with Gasteiger partial charge in [-0.05, 0) is 38.1 Å². The summed E-state index contributed by atoms with van der Waals surface area (Å²) in [4.78, 5) is 16.1. The molecule has 3 atom stereocenters. The van der Waals surface area contributed by atoms with E-state index < -0.39 is 0 Å². The van der Waals surface area contributed by atoms with Crippen LogP contribution < -0.4 is 5.32 Å². The van der Waals surface area contributed by atoms with Crippen LogP contribution in [0.15, 0.2) is 17.5 Å². The molecule has 2 aliphatic rings. The summed E-state index contributed by atoms with van der Waals surface area (Å²) < 4.78 is 5.92. The number of thiophene rings is 1. The number of morpholine rings is 1. The van der Waals surface area contributed by atoms with Gasteiger partial charge in [0.15, 0.2) is 0 Å². The molecule has 3 rings (SSSR count). The standard InChI is InChI=1S/C16H24N2O2S/c1-11(2)17-16(19)12-8-14-15(9-12)20-6-5-18(14)10-13-4-3-7-21-13/h3-4,7,11-12,14-15H,5-6,8-10H2,1-2H3,(H,17,19)/t12-,14+,15+/m0/s1. The SMILES string of the molecule is CC(C)NC(=O)[C@H]1C[C@@H]2[C@@H](C1)OCCN2Cc1cccs1. The average Bonchev–Trinajstić information content (AvgIpc) is 3.06. The monoisotopic (exact) mass is 308 g/mol. The molecule has 1 aliphatic heterocycles. The minimum absolute atomic E-state index is 0.103. The van der Waals surface area contributed by atoms with Crippen molar-refractivity contribution in [3.63, 3.8) is 0 Å². The smallest absolute Gasteiger partial charge is 0.223 e. The van der Waals surface area contributed by atoms with E-state index in [1.54, 1.807) is 11.3 Å². The van der Waals surface area contributed by atoms with Gasteiger partial charge in [0.25, 0.3) is 0 Å². The molecule has 0 spiro atoms. The molecular formula is C16H24N2O2S. The largest absolute Gasteiger partial charge is 0.375 e. The fraction of sp³-hybridized carbons (Fsp3) is 0.688. The highest BCUT2D eigenvalue weighted by Crippen LogP contribution is 2.35. The Morgan fingerprint density at radius 3 is 3.10 bits per heavy atom. The number of nitrogens with one attached hydrogen (secondary N) is 1. The number of ether oxygens (including phenoxy) is 1.